The van der Waals surface area contributed by atoms with Gasteiger partial charge in [-0.25, -0.2) is 9.18 Å². The number of hydrogen-bond acceptors (Lipinski definition) is 2. The van der Waals surface area contributed by atoms with Crippen LogP contribution >= 0.6 is 15.9 Å². The highest BCUT2D eigenvalue weighted by atomic mass is 79.9. The van der Waals surface area contributed by atoms with Gasteiger partial charge in [0.05, 0.1) is 6.10 Å². The van der Waals surface area contributed by atoms with Crippen LogP contribution in [-0.4, -0.2) is 41.8 Å². The van der Waals surface area contributed by atoms with Crippen molar-refractivity contribution in [2.45, 2.75) is 32.4 Å². The third-order valence-electron chi connectivity index (χ3n) is 2.80. The van der Waals surface area contributed by atoms with Crippen LogP contribution in [0, 0.1) is 5.82 Å². The van der Waals surface area contributed by atoms with Crippen molar-refractivity contribution in [2.24, 2.45) is 0 Å². The van der Waals surface area contributed by atoms with Gasteiger partial charge in [0.15, 0.2) is 0 Å². The van der Waals surface area contributed by atoms with E-state index in [0.717, 1.165) is 0 Å². The van der Waals surface area contributed by atoms with Crippen molar-refractivity contribution in [1.82, 2.24) is 10.2 Å². The molecule has 0 radical (unpaired) electrons. The van der Waals surface area contributed by atoms with Crippen LogP contribution in [0.5, 0.6) is 0 Å². The van der Waals surface area contributed by atoms with Gasteiger partial charge in [-0.05, 0) is 38.0 Å². The molecule has 20 heavy (non-hydrogen) atoms. The summed E-state index contributed by atoms with van der Waals surface area (Å²) in [4.78, 5) is 13.2. The minimum absolute atomic E-state index is 0.199. The highest BCUT2D eigenvalue weighted by Gasteiger charge is 2.15. The fourth-order valence-corrected chi connectivity index (χ4v) is 2.20. The Balaban J connectivity index is 2.54. The van der Waals surface area contributed by atoms with Crippen molar-refractivity contribution in [1.29, 1.82) is 0 Å². The average Bonchev–Trinajstić information content (AvgIpc) is 2.31. The van der Waals surface area contributed by atoms with E-state index in [0.29, 0.717) is 16.5 Å². The minimum Gasteiger partial charge on any atom is -0.392 e. The van der Waals surface area contributed by atoms with Gasteiger partial charge in [0.25, 0.3) is 0 Å². The number of amides is 2. The van der Waals surface area contributed by atoms with Crippen LogP contribution in [0.15, 0.2) is 22.7 Å². The molecule has 0 aliphatic carbocycles. The number of hydrogen-bond donors (Lipinski definition) is 2. The molecular formula is C14H20BrFN2O2. The molecule has 0 spiro atoms. The Morgan fingerprint density at radius 1 is 1.50 bits per heavy atom. The maximum Gasteiger partial charge on any atom is 0.317 e. The molecule has 0 aromatic heterocycles. The topological polar surface area (TPSA) is 52.6 Å². The van der Waals surface area contributed by atoms with E-state index >= 15 is 0 Å². The molecule has 0 fully saturated rings. The Morgan fingerprint density at radius 2 is 2.15 bits per heavy atom. The number of aliphatic hydroxyl groups is 1. The van der Waals surface area contributed by atoms with Crippen LogP contribution in [0.25, 0.3) is 0 Å². The summed E-state index contributed by atoms with van der Waals surface area (Å²) in [6, 6.07) is 4.39. The molecule has 0 bridgehead atoms. The predicted octanol–water partition coefficient (Wildman–Crippen LogP) is 2.54. The van der Waals surface area contributed by atoms with Crippen molar-refractivity contribution in [3.63, 3.8) is 0 Å². The Morgan fingerprint density at radius 3 is 2.70 bits per heavy atom. The molecule has 6 heteroatoms. The van der Waals surface area contributed by atoms with Crippen LogP contribution in [0.3, 0.4) is 0 Å². The first-order valence-electron chi connectivity index (χ1n) is 6.43. The van der Waals surface area contributed by atoms with E-state index in [4.69, 9.17) is 0 Å². The van der Waals surface area contributed by atoms with E-state index < -0.39 is 6.10 Å². The molecule has 0 heterocycles. The van der Waals surface area contributed by atoms with E-state index in [1.807, 2.05) is 6.92 Å². The lowest BCUT2D eigenvalue weighted by molar-refractivity contribution is 0.142. The normalized spacial score (nSPS) is 13.7. The first kappa shape index (κ1) is 16.9. The number of likely N-dealkylation sites (N-methyl/N-ethyl adjacent to an activating group) is 1. The predicted molar refractivity (Wildman–Crippen MR) is 80.1 cm³/mol. The second-order valence-corrected chi connectivity index (χ2v) is 5.94. The van der Waals surface area contributed by atoms with Gasteiger partial charge in [-0.2, -0.15) is 0 Å². The lowest BCUT2D eigenvalue weighted by Crippen LogP contribution is -2.44. The third kappa shape index (κ3) is 5.46. The van der Waals surface area contributed by atoms with E-state index in [-0.39, 0.29) is 24.4 Å². The molecule has 2 atom stereocenters. The van der Waals surface area contributed by atoms with Gasteiger partial charge in [0, 0.05) is 24.1 Å². The van der Waals surface area contributed by atoms with E-state index in [9.17, 15) is 14.3 Å². The fourth-order valence-electron chi connectivity index (χ4n) is 1.87. The Kier molecular flexibility index (Phi) is 6.42. The SMILES string of the molecule is CC(O)CN(C)C(=O)NC(C)Cc1ccc(Br)cc1F. The summed E-state index contributed by atoms with van der Waals surface area (Å²) in [5.41, 5.74) is 0.555. The molecule has 0 aliphatic rings. The number of urea groups is 1. The van der Waals surface area contributed by atoms with Gasteiger partial charge in [-0.3, -0.25) is 0 Å². The van der Waals surface area contributed by atoms with Gasteiger partial charge < -0.3 is 15.3 Å². The molecule has 0 saturated heterocycles. The summed E-state index contributed by atoms with van der Waals surface area (Å²) in [7, 11) is 1.61. The number of benzene rings is 1. The Hall–Kier alpha value is -1.14. The number of nitrogens with zero attached hydrogens (tertiary/aromatic N) is 1. The van der Waals surface area contributed by atoms with E-state index in [1.54, 1.807) is 26.1 Å². The van der Waals surface area contributed by atoms with Crippen LogP contribution in [-0.2, 0) is 6.42 Å². The molecule has 1 aromatic carbocycles. The smallest absolute Gasteiger partial charge is 0.317 e. The first-order chi connectivity index (χ1) is 9.29. The summed E-state index contributed by atoms with van der Waals surface area (Å²) in [6.07, 6.45) is -0.169. The Bertz CT molecular complexity index is 468. The van der Waals surface area contributed by atoms with Crippen LogP contribution < -0.4 is 5.32 Å². The van der Waals surface area contributed by atoms with Crippen molar-refractivity contribution < 1.29 is 14.3 Å². The van der Waals surface area contributed by atoms with Gasteiger partial charge in [0.1, 0.15) is 5.82 Å². The summed E-state index contributed by atoms with van der Waals surface area (Å²) in [5, 5.41) is 12.0. The average molecular weight is 347 g/mol. The molecule has 1 aromatic rings. The van der Waals surface area contributed by atoms with Crippen molar-refractivity contribution >= 4 is 22.0 Å². The monoisotopic (exact) mass is 346 g/mol. The number of nitrogens with one attached hydrogen (secondary N) is 1. The van der Waals surface area contributed by atoms with E-state index in [2.05, 4.69) is 21.2 Å². The van der Waals surface area contributed by atoms with Crippen LogP contribution in [0.1, 0.15) is 19.4 Å². The summed E-state index contributed by atoms with van der Waals surface area (Å²) in [5.74, 6) is -0.294. The van der Waals surface area contributed by atoms with Crippen molar-refractivity contribution in [3.05, 3.63) is 34.1 Å². The number of carbonyl (C=O) groups excluding carboxylic acids is 1. The first-order valence-corrected chi connectivity index (χ1v) is 7.22. The van der Waals surface area contributed by atoms with Gasteiger partial charge in [-0.1, -0.05) is 22.0 Å². The van der Waals surface area contributed by atoms with Crippen LogP contribution in [0.4, 0.5) is 9.18 Å². The second kappa shape index (κ2) is 7.59. The molecule has 0 saturated carbocycles. The van der Waals surface area contributed by atoms with Crippen molar-refractivity contribution in [2.75, 3.05) is 13.6 Å². The quantitative estimate of drug-likeness (QED) is 0.860. The van der Waals surface area contributed by atoms with Crippen LogP contribution in [0.2, 0.25) is 0 Å². The molecule has 2 N–H and O–H groups in total. The summed E-state index contributed by atoms with van der Waals surface area (Å²) in [6.45, 7) is 3.69. The molecule has 112 valence electrons. The molecule has 2 unspecified atom stereocenters. The molecule has 4 nitrogen and oxygen atoms in total. The number of rotatable bonds is 5. The summed E-state index contributed by atoms with van der Waals surface area (Å²) < 4.78 is 14.4. The van der Waals surface area contributed by atoms with Gasteiger partial charge in [0.2, 0.25) is 0 Å². The number of aliphatic hydroxyl groups excluding tert-OH is 1. The van der Waals surface area contributed by atoms with Gasteiger partial charge >= 0.3 is 6.03 Å². The Labute approximate surface area is 127 Å². The molecule has 1 rings (SSSR count). The number of halogens is 2. The highest BCUT2D eigenvalue weighted by molar-refractivity contribution is 9.10. The lowest BCUT2D eigenvalue weighted by atomic mass is 10.1. The fraction of sp³-hybridized carbons (Fsp3) is 0.500. The molecule has 2 amide bonds. The third-order valence-corrected chi connectivity index (χ3v) is 3.29. The van der Waals surface area contributed by atoms with E-state index in [1.165, 1.54) is 11.0 Å². The molecular weight excluding hydrogens is 327 g/mol. The maximum atomic E-state index is 13.7. The van der Waals surface area contributed by atoms with Gasteiger partial charge in [-0.15, -0.1) is 0 Å². The second-order valence-electron chi connectivity index (χ2n) is 5.02. The highest BCUT2D eigenvalue weighted by Crippen LogP contribution is 2.16. The standard InChI is InChI=1S/C14H20BrFN2O2/c1-9(17-14(20)18(3)8-10(2)19)6-11-4-5-12(15)7-13(11)16/h4-5,7,9-10,19H,6,8H2,1-3H3,(H,17,20). The largest absolute Gasteiger partial charge is 0.392 e. The zero-order valence-corrected chi connectivity index (χ0v) is 13.4. The molecule has 0 aliphatic heterocycles. The minimum atomic E-state index is -0.579. The number of carbonyl (C=O) groups is 1. The zero-order chi connectivity index (χ0) is 15.3. The lowest BCUT2D eigenvalue weighted by Gasteiger charge is -2.22. The summed E-state index contributed by atoms with van der Waals surface area (Å²) >= 11 is 3.20. The maximum absolute atomic E-state index is 13.7. The zero-order valence-electron chi connectivity index (χ0n) is 11.9. The van der Waals surface area contributed by atoms with Crippen molar-refractivity contribution in [3.8, 4) is 0 Å².